The molecule has 0 spiro atoms. The first kappa shape index (κ1) is 12.9. The molecule has 1 aliphatic rings. The molecular formula is C8H12CaO4. The minimum atomic E-state index is -1.06. The molecule has 0 bridgehead atoms. The fraction of sp³-hybridized carbons (Fsp3) is 0.500. The number of carboxylic acids is 2. The van der Waals surface area contributed by atoms with Gasteiger partial charge in [-0.15, -0.1) is 0 Å². The van der Waals surface area contributed by atoms with E-state index in [9.17, 15) is 9.59 Å². The number of rotatable bonds is 2. The van der Waals surface area contributed by atoms with Gasteiger partial charge < -0.3 is 13.1 Å². The Morgan fingerprint density at radius 1 is 1.31 bits per heavy atom. The molecule has 0 saturated carbocycles. The van der Waals surface area contributed by atoms with Crippen LogP contribution in [0.3, 0.4) is 0 Å². The Morgan fingerprint density at radius 2 is 1.92 bits per heavy atom. The fourth-order valence-electron chi connectivity index (χ4n) is 1.36. The molecule has 2 atom stereocenters. The van der Waals surface area contributed by atoms with Crippen LogP contribution < -0.4 is 0 Å². The summed E-state index contributed by atoms with van der Waals surface area (Å²) in [5.41, 5.74) is 0. The maximum absolute atomic E-state index is 10.6. The van der Waals surface area contributed by atoms with Gasteiger partial charge in [0, 0.05) is 0 Å². The molecule has 0 radical (unpaired) electrons. The third-order valence-electron chi connectivity index (χ3n) is 2.02. The maximum Gasteiger partial charge on any atom is 2.00 e. The molecule has 0 aliphatic heterocycles. The molecule has 2 N–H and O–H groups in total. The van der Waals surface area contributed by atoms with Crippen LogP contribution in [0.4, 0.5) is 0 Å². The number of allylic oxidation sites excluding steroid dienone is 1. The van der Waals surface area contributed by atoms with Crippen molar-refractivity contribution in [3.05, 3.63) is 12.2 Å². The topological polar surface area (TPSA) is 74.6 Å². The smallest absolute Gasteiger partial charge is 1.00 e. The van der Waals surface area contributed by atoms with Crippen molar-refractivity contribution in [3.8, 4) is 0 Å². The minimum Gasteiger partial charge on any atom is -1.00 e. The molecule has 4 nitrogen and oxygen atoms in total. The van der Waals surface area contributed by atoms with Gasteiger partial charge in [-0.1, -0.05) is 12.2 Å². The van der Waals surface area contributed by atoms with Crippen LogP contribution in [-0.2, 0) is 9.59 Å². The first-order valence-electron chi connectivity index (χ1n) is 3.75. The van der Waals surface area contributed by atoms with Gasteiger partial charge in [-0.3, -0.25) is 9.59 Å². The van der Waals surface area contributed by atoms with Gasteiger partial charge in [0.25, 0.3) is 0 Å². The van der Waals surface area contributed by atoms with Crippen LogP contribution in [0.25, 0.3) is 0 Å². The summed E-state index contributed by atoms with van der Waals surface area (Å²) in [6.07, 6.45) is 4.26. The number of aliphatic carboxylic acids is 2. The van der Waals surface area contributed by atoms with Gasteiger partial charge in [-0.05, 0) is 12.8 Å². The molecule has 0 aromatic rings. The Balaban J connectivity index is -0.000000480. The van der Waals surface area contributed by atoms with E-state index in [-0.39, 0.29) is 40.6 Å². The van der Waals surface area contributed by atoms with Gasteiger partial charge in [0.05, 0.1) is 11.8 Å². The summed E-state index contributed by atoms with van der Waals surface area (Å²) in [7, 11) is 0. The largest absolute Gasteiger partial charge is 2.00 e. The predicted octanol–water partition coefficient (Wildman–Crippen LogP) is 0.582. The molecule has 0 aromatic heterocycles. The molecule has 0 aromatic carbocycles. The summed E-state index contributed by atoms with van der Waals surface area (Å²) in [5, 5.41) is 17.3. The molecule has 0 heterocycles. The monoisotopic (exact) mass is 212 g/mol. The Hall–Kier alpha value is -0.0603. The van der Waals surface area contributed by atoms with Gasteiger partial charge in [-0.2, -0.15) is 0 Å². The van der Waals surface area contributed by atoms with Crippen LogP contribution in [0.15, 0.2) is 12.2 Å². The normalized spacial score (nSPS) is 26.2. The zero-order valence-corrected chi connectivity index (χ0v) is 9.35. The van der Waals surface area contributed by atoms with Crippen LogP contribution in [0.1, 0.15) is 15.7 Å². The van der Waals surface area contributed by atoms with E-state index < -0.39 is 23.8 Å². The second kappa shape index (κ2) is 5.62. The van der Waals surface area contributed by atoms with Crippen molar-refractivity contribution in [1.29, 1.82) is 0 Å². The number of carbonyl (C=O) groups is 2. The van der Waals surface area contributed by atoms with Crippen molar-refractivity contribution < 1.29 is 22.7 Å². The Kier molecular flexibility index (Phi) is 5.60. The van der Waals surface area contributed by atoms with Crippen LogP contribution >= 0.6 is 0 Å². The summed E-state index contributed by atoms with van der Waals surface area (Å²) >= 11 is 0. The Morgan fingerprint density at radius 3 is 2.31 bits per heavy atom. The fourth-order valence-corrected chi connectivity index (χ4v) is 1.36. The van der Waals surface area contributed by atoms with Crippen molar-refractivity contribution in [1.82, 2.24) is 0 Å². The third-order valence-corrected chi connectivity index (χ3v) is 2.02. The van der Waals surface area contributed by atoms with Crippen LogP contribution in [0.5, 0.6) is 0 Å². The minimum absolute atomic E-state index is 0. The van der Waals surface area contributed by atoms with Gasteiger partial charge in [0.1, 0.15) is 0 Å². The van der Waals surface area contributed by atoms with Gasteiger partial charge >= 0.3 is 49.7 Å². The first-order chi connectivity index (χ1) is 5.63. The molecule has 0 fully saturated rings. The average Bonchev–Trinajstić information content (AvgIpc) is 2.04. The van der Waals surface area contributed by atoms with Gasteiger partial charge in [0.2, 0.25) is 0 Å². The predicted molar refractivity (Wildman–Crippen MR) is 48.6 cm³/mol. The van der Waals surface area contributed by atoms with E-state index in [4.69, 9.17) is 10.2 Å². The Labute approximate surface area is 109 Å². The summed E-state index contributed by atoms with van der Waals surface area (Å²) < 4.78 is 0. The summed E-state index contributed by atoms with van der Waals surface area (Å²) in [6, 6.07) is 0. The number of hydrogen-bond acceptors (Lipinski definition) is 2. The number of hydrogen-bond donors (Lipinski definition) is 2. The van der Waals surface area contributed by atoms with E-state index in [1.165, 1.54) is 6.08 Å². The molecule has 0 saturated heterocycles. The van der Waals surface area contributed by atoms with Crippen molar-refractivity contribution in [2.24, 2.45) is 11.8 Å². The van der Waals surface area contributed by atoms with Crippen LogP contribution in [-0.4, -0.2) is 59.9 Å². The van der Waals surface area contributed by atoms with Crippen molar-refractivity contribution >= 4 is 49.7 Å². The van der Waals surface area contributed by atoms with E-state index in [0.29, 0.717) is 12.8 Å². The zero-order valence-electron chi connectivity index (χ0n) is 9.14. The Bertz CT molecular complexity index is 245. The van der Waals surface area contributed by atoms with Crippen LogP contribution in [0.2, 0.25) is 0 Å². The van der Waals surface area contributed by atoms with E-state index in [1.807, 2.05) is 0 Å². The molecule has 70 valence electrons. The third kappa shape index (κ3) is 3.29. The van der Waals surface area contributed by atoms with Crippen molar-refractivity contribution in [2.45, 2.75) is 12.8 Å². The molecule has 13 heavy (non-hydrogen) atoms. The zero-order chi connectivity index (χ0) is 9.14. The molecule has 1 aliphatic carbocycles. The van der Waals surface area contributed by atoms with E-state index in [2.05, 4.69) is 0 Å². The maximum atomic E-state index is 10.6. The summed E-state index contributed by atoms with van der Waals surface area (Å²) in [5.74, 6) is -3.69. The van der Waals surface area contributed by atoms with Crippen molar-refractivity contribution in [3.63, 3.8) is 0 Å². The van der Waals surface area contributed by atoms with E-state index >= 15 is 0 Å². The van der Waals surface area contributed by atoms with Crippen molar-refractivity contribution in [2.75, 3.05) is 0 Å². The SMILES string of the molecule is O=C(O)C1C=CCCC1C(=O)O.[Ca+2].[H-].[H-]. The molecule has 0 amide bonds. The van der Waals surface area contributed by atoms with Gasteiger partial charge in [0.15, 0.2) is 0 Å². The van der Waals surface area contributed by atoms with Gasteiger partial charge in [-0.25, -0.2) is 0 Å². The summed E-state index contributed by atoms with van der Waals surface area (Å²) in [4.78, 5) is 21.1. The van der Waals surface area contributed by atoms with E-state index in [1.54, 1.807) is 6.08 Å². The first-order valence-corrected chi connectivity index (χ1v) is 3.75. The second-order valence-electron chi connectivity index (χ2n) is 2.81. The second-order valence-corrected chi connectivity index (χ2v) is 2.81. The van der Waals surface area contributed by atoms with E-state index in [0.717, 1.165) is 0 Å². The molecular weight excluding hydrogens is 200 g/mol. The summed E-state index contributed by atoms with van der Waals surface area (Å²) in [6.45, 7) is 0. The number of carboxylic acid groups (broad SMARTS) is 2. The quantitative estimate of drug-likeness (QED) is 0.518. The molecule has 1 rings (SSSR count). The molecule has 5 heteroatoms. The molecule has 2 unspecified atom stereocenters. The average molecular weight is 212 g/mol. The standard InChI is InChI=1S/C8H10O4.Ca.2H/c9-7(10)5-3-1-2-4-6(5)8(11)12;;;/h1,3,5-6H,2,4H2,(H,9,10)(H,11,12);;;/q;+2;2*-1. The van der Waals surface area contributed by atoms with Crippen LogP contribution in [0, 0.1) is 11.8 Å².